The zero-order valence-corrected chi connectivity index (χ0v) is 33.5. The molecule has 2 saturated heterocycles. The van der Waals surface area contributed by atoms with Crippen molar-refractivity contribution in [3.05, 3.63) is 167 Å². The lowest BCUT2D eigenvalue weighted by atomic mass is 9.65. The largest absolute Gasteiger partial charge is 0.491 e. The molecule has 0 aliphatic carbocycles. The molecule has 14 heteroatoms. The smallest absolute Gasteiger partial charge is 0.329 e. The number of carboxylic acid groups (broad SMARTS) is 1. The van der Waals surface area contributed by atoms with Crippen LogP contribution in [0.15, 0.2) is 133 Å². The van der Waals surface area contributed by atoms with Crippen LogP contribution < -0.4 is 26.0 Å². The zero-order chi connectivity index (χ0) is 43.5. The Bertz CT molecular complexity index is 2580. The number of ether oxygens (including phenoxy) is 2. The van der Waals surface area contributed by atoms with Crippen LogP contribution in [0.3, 0.4) is 0 Å². The third-order valence-corrected chi connectivity index (χ3v) is 11.7. The van der Waals surface area contributed by atoms with E-state index >= 15 is 4.79 Å². The average molecular weight is 834 g/mol. The first-order valence-corrected chi connectivity index (χ1v) is 20.1. The Morgan fingerprint density at radius 2 is 1.52 bits per heavy atom. The molecule has 0 aromatic heterocycles. The number of rotatable bonds is 10. The SMILES string of the molecule is C[C@@H](NC(=O)N1C(=O)[C@@]2(c3cc(C#CCNC(N)=O)ccc31)[C@H](c1ccccc1OCCO)N1[C@H](c3ccccc3)[C@H](c3ccccc3)OC(=O)[C@H]1[C@@H]2C(=O)O)c1ccccc1. The number of cyclic esters (lactones) is 1. The molecule has 5 amide bonds. The van der Waals surface area contributed by atoms with Gasteiger partial charge in [-0.1, -0.05) is 121 Å². The number of urea groups is 2. The maximum atomic E-state index is 16.1. The second-order valence-electron chi connectivity index (χ2n) is 15.2. The molecule has 0 saturated carbocycles. The summed E-state index contributed by atoms with van der Waals surface area (Å²) in [6.45, 7) is 1.15. The number of anilines is 1. The Kier molecular flexibility index (Phi) is 11.5. The van der Waals surface area contributed by atoms with Gasteiger partial charge >= 0.3 is 24.0 Å². The van der Waals surface area contributed by atoms with Crippen molar-refractivity contribution in [1.29, 1.82) is 0 Å². The van der Waals surface area contributed by atoms with E-state index in [1.807, 2.05) is 91.0 Å². The quantitative estimate of drug-likeness (QED) is 0.0909. The number of esters is 1. The highest BCUT2D eigenvalue weighted by atomic mass is 16.6. The minimum absolute atomic E-state index is 0.0858. The van der Waals surface area contributed by atoms with Crippen molar-refractivity contribution >= 4 is 35.6 Å². The fraction of sp³-hybridized carbons (Fsp3) is 0.229. The van der Waals surface area contributed by atoms with Gasteiger partial charge < -0.3 is 36.1 Å². The van der Waals surface area contributed by atoms with E-state index in [4.69, 9.17) is 15.2 Å². The van der Waals surface area contributed by atoms with Gasteiger partial charge in [0.15, 0.2) is 0 Å². The molecule has 1 spiro atoms. The van der Waals surface area contributed by atoms with Crippen LogP contribution in [-0.2, 0) is 24.5 Å². The minimum atomic E-state index is -2.24. The van der Waals surface area contributed by atoms with Gasteiger partial charge in [-0.05, 0) is 53.4 Å². The van der Waals surface area contributed by atoms with Crippen molar-refractivity contribution in [2.24, 2.45) is 11.7 Å². The molecule has 314 valence electrons. The Hall–Kier alpha value is -7.47. The molecule has 5 aromatic carbocycles. The summed E-state index contributed by atoms with van der Waals surface area (Å²) in [6.07, 6.45) is -0.989. The number of aliphatic hydroxyl groups excluding tert-OH is 1. The third kappa shape index (κ3) is 7.16. The van der Waals surface area contributed by atoms with Crippen LogP contribution in [0.5, 0.6) is 5.75 Å². The average Bonchev–Trinajstić information content (AvgIpc) is 3.74. The van der Waals surface area contributed by atoms with Crippen molar-refractivity contribution in [2.45, 2.75) is 42.6 Å². The second-order valence-corrected chi connectivity index (χ2v) is 15.2. The van der Waals surface area contributed by atoms with Crippen LogP contribution in [0.1, 0.15) is 64.5 Å². The summed E-state index contributed by atoms with van der Waals surface area (Å²) in [5.74, 6) is 0.897. The molecule has 8 rings (SSSR count). The van der Waals surface area contributed by atoms with Crippen molar-refractivity contribution in [3.63, 3.8) is 0 Å². The summed E-state index contributed by atoms with van der Waals surface area (Å²) in [4.78, 5) is 74.2. The number of nitrogens with one attached hydrogen (secondary N) is 2. The summed E-state index contributed by atoms with van der Waals surface area (Å²) in [7, 11) is 0. The van der Waals surface area contributed by atoms with Crippen molar-refractivity contribution in [2.75, 3.05) is 24.7 Å². The van der Waals surface area contributed by atoms with Gasteiger partial charge in [-0.3, -0.25) is 19.3 Å². The van der Waals surface area contributed by atoms with E-state index in [0.717, 1.165) is 10.5 Å². The van der Waals surface area contributed by atoms with Gasteiger partial charge in [0.05, 0.1) is 37.0 Å². The second kappa shape index (κ2) is 17.3. The monoisotopic (exact) mass is 833 g/mol. The van der Waals surface area contributed by atoms with Crippen LogP contribution in [0.25, 0.3) is 0 Å². The summed E-state index contributed by atoms with van der Waals surface area (Å²) < 4.78 is 12.5. The number of aliphatic carboxylic acids is 1. The molecule has 0 radical (unpaired) electrons. The normalized spacial score (nSPS) is 23.0. The number of aliphatic hydroxyl groups is 1. The predicted molar refractivity (Wildman–Crippen MR) is 226 cm³/mol. The number of carbonyl (C=O) groups is 5. The number of para-hydroxylation sites is 1. The molecule has 3 aliphatic rings. The maximum absolute atomic E-state index is 16.1. The molecule has 3 heterocycles. The first kappa shape index (κ1) is 41.3. The number of benzene rings is 5. The highest BCUT2D eigenvalue weighted by Gasteiger charge is 2.76. The Labute approximate surface area is 357 Å². The van der Waals surface area contributed by atoms with E-state index in [9.17, 15) is 29.4 Å². The highest BCUT2D eigenvalue weighted by molar-refractivity contribution is 6.24. The fourth-order valence-electron chi connectivity index (χ4n) is 9.28. The van der Waals surface area contributed by atoms with Gasteiger partial charge in [0, 0.05) is 11.1 Å². The van der Waals surface area contributed by atoms with E-state index in [-0.39, 0.29) is 36.8 Å². The van der Waals surface area contributed by atoms with Gasteiger partial charge in [0.1, 0.15) is 35.8 Å². The molecule has 0 bridgehead atoms. The topological polar surface area (TPSA) is 201 Å². The van der Waals surface area contributed by atoms with Gasteiger partial charge in [-0.15, -0.1) is 0 Å². The van der Waals surface area contributed by atoms with E-state index < -0.39 is 71.5 Å². The van der Waals surface area contributed by atoms with E-state index in [0.29, 0.717) is 22.3 Å². The molecule has 7 atom stereocenters. The number of carbonyl (C=O) groups excluding carboxylic acids is 4. The summed E-state index contributed by atoms with van der Waals surface area (Å²) >= 11 is 0. The minimum Gasteiger partial charge on any atom is -0.491 e. The number of hydrogen-bond donors (Lipinski definition) is 5. The molecule has 62 heavy (non-hydrogen) atoms. The van der Waals surface area contributed by atoms with E-state index in [1.54, 1.807) is 48.2 Å². The van der Waals surface area contributed by atoms with Gasteiger partial charge in [0.25, 0.3) is 0 Å². The number of hydrogen-bond acceptors (Lipinski definition) is 9. The standard InChI is InChI=1S/C48H43N5O9/c1-29(31-15-5-2-6-16-31)51-47(60)52-36-24-23-30(14-13-25-50-46(49)59)28-35(36)48(45(52)58)38(43(55)56)40-44(57)62-41(33-19-9-4-10-20-33)39(32-17-7-3-8-18-32)53(40)42(48)34-21-11-12-22-37(34)61-27-26-54/h2-12,15-24,28-29,38-42,54H,25-27H2,1H3,(H,51,60)(H,55,56)(H3,49,50,59)/t29-,38-,39-,40-,41+,42+,48-/m1/s1. The molecule has 14 nitrogen and oxygen atoms in total. The van der Waals surface area contributed by atoms with Crippen LogP contribution in [0.4, 0.5) is 15.3 Å². The highest BCUT2D eigenvalue weighted by Crippen LogP contribution is 2.66. The van der Waals surface area contributed by atoms with Crippen LogP contribution >= 0.6 is 0 Å². The number of fused-ring (bicyclic) bond motifs is 3. The first-order chi connectivity index (χ1) is 30.1. The van der Waals surface area contributed by atoms with E-state index in [1.165, 1.54) is 6.07 Å². The molecular weight excluding hydrogens is 791 g/mol. The lowest BCUT2D eigenvalue weighted by Gasteiger charge is -2.46. The summed E-state index contributed by atoms with van der Waals surface area (Å²) in [5.41, 5.74) is 5.93. The molecule has 5 aromatic rings. The summed E-state index contributed by atoms with van der Waals surface area (Å²) in [5, 5.41) is 26.9. The summed E-state index contributed by atoms with van der Waals surface area (Å²) in [6, 6.07) is 32.9. The van der Waals surface area contributed by atoms with Gasteiger partial charge in [-0.2, -0.15) is 0 Å². The van der Waals surface area contributed by atoms with Crippen LogP contribution in [0, 0.1) is 17.8 Å². The molecule has 3 aliphatic heterocycles. The Morgan fingerprint density at radius 1 is 0.871 bits per heavy atom. The van der Waals surface area contributed by atoms with E-state index in [2.05, 4.69) is 22.5 Å². The first-order valence-electron chi connectivity index (χ1n) is 20.1. The van der Waals surface area contributed by atoms with Gasteiger partial charge in [-0.25, -0.2) is 14.5 Å². The number of primary amides is 1. The van der Waals surface area contributed by atoms with Crippen molar-refractivity contribution < 1.29 is 43.7 Å². The molecule has 0 unspecified atom stereocenters. The number of nitrogens with two attached hydrogens (primary N) is 1. The number of amides is 5. The van der Waals surface area contributed by atoms with Crippen molar-refractivity contribution in [1.82, 2.24) is 15.5 Å². The maximum Gasteiger partial charge on any atom is 0.329 e. The lowest BCUT2D eigenvalue weighted by Crippen LogP contribution is -2.54. The molecular formula is C48H43N5O9. The van der Waals surface area contributed by atoms with Crippen LogP contribution in [0.2, 0.25) is 0 Å². The lowest BCUT2D eigenvalue weighted by molar-refractivity contribution is -0.179. The number of imide groups is 1. The molecule has 6 N–H and O–H groups in total. The molecule has 2 fully saturated rings. The zero-order valence-electron chi connectivity index (χ0n) is 33.5. The number of carboxylic acids is 1. The number of nitrogens with zero attached hydrogens (tertiary/aromatic N) is 2. The Balaban J connectivity index is 1.43. The van der Waals surface area contributed by atoms with Crippen molar-refractivity contribution in [3.8, 4) is 17.6 Å². The van der Waals surface area contributed by atoms with Crippen LogP contribution in [-0.4, -0.2) is 70.8 Å². The predicted octanol–water partition coefficient (Wildman–Crippen LogP) is 5.30. The fourth-order valence-corrected chi connectivity index (χ4v) is 9.28. The van der Waals surface area contributed by atoms with Gasteiger partial charge in [0.2, 0.25) is 5.91 Å². The number of morpholine rings is 1. The Morgan fingerprint density at radius 3 is 2.18 bits per heavy atom. The third-order valence-electron chi connectivity index (χ3n) is 11.7.